The van der Waals surface area contributed by atoms with Crippen molar-refractivity contribution in [2.45, 2.75) is 59.9 Å². The second-order valence-corrected chi connectivity index (χ2v) is 8.08. The number of nitrogens with one attached hydrogen (secondary N) is 1. The Balaban J connectivity index is 1.92. The fourth-order valence-electron chi connectivity index (χ4n) is 2.73. The molecule has 1 saturated heterocycles. The highest BCUT2D eigenvalue weighted by Crippen LogP contribution is 2.25. The molecular weight excluding hydrogens is 280 g/mol. The Morgan fingerprint density at radius 1 is 1.43 bits per heavy atom. The molecule has 1 aliphatic heterocycles. The molecule has 4 heteroatoms. The molecule has 0 aromatic carbocycles. The molecular formula is C17H30N2OS. The van der Waals surface area contributed by atoms with Crippen LogP contribution < -0.4 is 5.32 Å². The van der Waals surface area contributed by atoms with E-state index in [1.807, 2.05) is 11.3 Å². The predicted octanol–water partition coefficient (Wildman–Crippen LogP) is 3.41. The van der Waals surface area contributed by atoms with Crippen molar-refractivity contribution >= 4 is 11.3 Å². The molecule has 3 nitrogen and oxygen atoms in total. The molecule has 1 N–H and O–H groups in total. The van der Waals surface area contributed by atoms with Crippen LogP contribution in [0.1, 0.15) is 43.0 Å². The van der Waals surface area contributed by atoms with Gasteiger partial charge in [0, 0.05) is 35.4 Å². The highest BCUT2D eigenvalue weighted by atomic mass is 32.1. The monoisotopic (exact) mass is 310 g/mol. The van der Waals surface area contributed by atoms with Crippen LogP contribution >= 0.6 is 11.3 Å². The molecule has 0 amide bonds. The summed E-state index contributed by atoms with van der Waals surface area (Å²) in [4.78, 5) is 5.47. The fraction of sp³-hybridized carbons (Fsp3) is 0.765. The molecule has 0 spiro atoms. The van der Waals surface area contributed by atoms with E-state index in [0.717, 1.165) is 32.8 Å². The van der Waals surface area contributed by atoms with Crippen molar-refractivity contribution in [3.63, 3.8) is 0 Å². The molecule has 21 heavy (non-hydrogen) atoms. The topological polar surface area (TPSA) is 24.5 Å². The van der Waals surface area contributed by atoms with Gasteiger partial charge in [-0.25, -0.2) is 0 Å². The number of morpholine rings is 1. The maximum Gasteiger partial charge on any atom is 0.0674 e. The van der Waals surface area contributed by atoms with Gasteiger partial charge in [-0.3, -0.25) is 4.90 Å². The molecule has 1 aromatic heterocycles. The Kier molecular flexibility index (Phi) is 6.23. The molecule has 120 valence electrons. The van der Waals surface area contributed by atoms with Crippen LogP contribution in [-0.2, 0) is 17.8 Å². The van der Waals surface area contributed by atoms with Crippen molar-refractivity contribution in [2.75, 3.05) is 19.7 Å². The number of rotatable bonds is 6. The standard InChI is InChI=1S/C17H30N2OS/c1-12(2)7-18-8-17-6-16(15(5)21-17)10-19-9-14(4)20-11-13(19)3/h6,12-14,18H,7-11H2,1-5H3. The van der Waals surface area contributed by atoms with E-state index >= 15 is 0 Å². The van der Waals surface area contributed by atoms with Gasteiger partial charge in [0.25, 0.3) is 0 Å². The Bertz CT molecular complexity index is 444. The lowest BCUT2D eigenvalue weighted by Crippen LogP contribution is -2.46. The van der Waals surface area contributed by atoms with Crippen molar-refractivity contribution < 1.29 is 4.74 Å². The second-order valence-electron chi connectivity index (χ2n) is 6.74. The zero-order valence-electron chi connectivity index (χ0n) is 14.1. The Morgan fingerprint density at radius 3 is 2.90 bits per heavy atom. The van der Waals surface area contributed by atoms with Crippen molar-refractivity contribution in [1.82, 2.24) is 10.2 Å². The Hall–Kier alpha value is -0.420. The van der Waals surface area contributed by atoms with Gasteiger partial charge in [0.2, 0.25) is 0 Å². The first kappa shape index (κ1) is 16.9. The molecule has 1 fully saturated rings. The lowest BCUT2D eigenvalue weighted by molar-refractivity contribution is -0.0526. The summed E-state index contributed by atoms with van der Waals surface area (Å²) in [5.74, 6) is 0.709. The number of hydrogen-bond acceptors (Lipinski definition) is 4. The lowest BCUT2D eigenvalue weighted by Gasteiger charge is -2.36. The minimum Gasteiger partial charge on any atom is -0.376 e. The van der Waals surface area contributed by atoms with E-state index in [9.17, 15) is 0 Å². The predicted molar refractivity (Wildman–Crippen MR) is 90.9 cm³/mol. The van der Waals surface area contributed by atoms with Gasteiger partial charge in [-0.15, -0.1) is 11.3 Å². The maximum absolute atomic E-state index is 5.72. The van der Waals surface area contributed by atoms with Crippen molar-refractivity contribution in [3.05, 3.63) is 21.4 Å². The summed E-state index contributed by atoms with van der Waals surface area (Å²) in [7, 11) is 0. The molecule has 2 unspecified atom stereocenters. The van der Waals surface area contributed by atoms with E-state index in [-0.39, 0.29) is 0 Å². The van der Waals surface area contributed by atoms with Crippen LogP contribution in [0.25, 0.3) is 0 Å². The summed E-state index contributed by atoms with van der Waals surface area (Å²) in [5, 5.41) is 3.54. The molecule has 2 rings (SSSR count). The highest BCUT2D eigenvalue weighted by molar-refractivity contribution is 7.12. The largest absolute Gasteiger partial charge is 0.376 e. The molecule has 0 bridgehead atoms. The van der Waals surface area contributed by atoms with Crippen molar-refractivity contribution in [2.24, 2.45) is 5.92 Å². The molecule has 0 aliphatic carbocycles. The van der Waals surface area contributed by atoms with Gasteiger partial charge in [-0.1, -0.05) is 13.8 Å². The number of nitrogens with zero attached hydrogens (tertiary/aromatic N) is 1. The first-order valence-corrected chi connectivity index (χ1v) is 8.92. The summed E-state index contributed by atoms with van der Waals surface area (Å²) in [6, 6.07) is 2.91. The fourth-order valence-corrected chi connectivity index (χ4v) is 3.75. The minimum absolute atomic E-state index is 0.354. The van der Waals surface area contributed by atoms with E-state index in [1.165, 1.54) is 15.3 Å². The number of thiophene rings is 1. The third-order valence-corrected chi connectivity index (χ3v) is 5.13. The van der Waals surface area contributed by atoms with Crippen LogP contribution in [0.4, 0.5) is 0 Å². The lowest BCUT2D eigenvalue weighted by atomic mass is 10.1. The van der Waals surface area contributed by atoms with Crippen molar-refractivity contribution in [1.29, 1.82) is 0 Å². The average molecular weight is 311 g/mol. The number of aryl methyl sites for hydroxylation is 1. The SMILES string of the molecule is Cc1sc(CNCC(C)C)cc1CN1CC(C)OCC1C. The molecule has 0 saturated carbocycles. The van der Waals surface area contributed by atoms with Gasteiger partial charge in [0.1, 0.15) is 0 Å². The van der Waals surface area contributed by atoms with Crippen LogP contribution in [0.3, 0.4) is 0 Å². The van der Waals surface area contributed by atoms with Gasteiger partial charge >= 0.3 is 0 Å². The average Bonchev–Trinajstić information content (AvgIpc) is 2.74. The number of hydrogen-bond donors (Lipinski definition) is 1. The summed E-state index contributed by atoms with van der Waals surface area (Å²) >= 11 is 1.94. The quantitative estimate of drug-likeness (QED) is 0.871. The van der Waals surface area contributed by atoms with Crippen LogP contribution in [0.2, 0.25) is 0 Å². The second kappa shape index (κ2) is 7.73. The zero-order valence-corrected chi connectivity index (χ0v) is 14.9. The Morgan fingerprint density at radius 2 is 2.19 bits per heavy atom. The normalized spacial score (nSPS) is 23.9. The zero-order chi connectivity index (χ0) is 15.4. The van der Waals surface area contributed by atoms with Crippen molar-refractivity contribution in [3.8, 4) is 0 Å². The van der Waals surface area contributed by atoms with Gasteiger partial charge < -0.3 is 10.1 Å². The first-order valence-electron chi connectivity index (χ1n) is 8.10. The molecule has 2 heterocycles. The van der Waals surface area contributed by atoms with E-state index in [0.29, 0.717) is 18.1 Å². The maximum atomic E-state index is 5.72. The van der Waals surface area contributed by atoms with E-state index in [1.54, 1.807) is 0 Å². The summed E-state index contributed by atoms with van der Waals surface area (Å²) in [5.41, 5.74) is 1.49. The molecule has 1 aliphatic rings. The highest BCUT2D eigenvalue weighted by Gasteiger charge is 2.24. The van der Waals surface area contributed by atoms with Gasteiger partial charge in [0.05, 0.1) is 12.7 Å². The third kappa shape index (κ3) is 5.06. The first-order chi connectivity index (χ1) is 9.95. The number of ether oxygens (including phenoxy) is 1. The summed E-state index contributed by atoms with van der Waals surface area (Å²) in [6.07, 6.45) is 0.354. The van der Waals surface area contributed by atoms with E-state index in [2.05, 4.69) is 50.9 Å². The van der Waals surface area contributed by atoms with Gasteiger partial charge in [-0.2, -0.15) is 0 Å². The molecule has 0 radical (unpaired) electrons. The van der Waals surface area contributed by atoms with Crippen LogP contribution in [0, 0.1) is 12.8 Å². The van der Waals surface area contributed by atoms with E-state index < -0.39 is 0 Å². The summed E-state index contributed by atoms with van der Waals surface area (Å²) < 4.78 is 5.72. The third-order valence-electron chi connectivity index (χ3n) is 4.03. The smallest absolute Gasteiger partial charge is 0.0674 e. The van der Waals surface area contributed by atoms with E-state index in [4.69, 9.17) is 4.74 Å². The van der Waals surface area contributed by atoms with Crippen LogP contribution in [-0.4, -0.2) is 36.7 Å². The summed E-state index contributed by atoms with van der Waals surface area (Å²) in [6.45, 7) is 16.2. The van der Waals surface area contributed by atoms with Crippen LogP contribution in [0.5, 0.6) is 0 Å². The van der Waals surface area contributed by atoms with Crippen LogP contribution in [0.15, 0.2) is 6.07 Å². The van der Waals surface area contributed by atoms with Gasteiger partial charge in [-0.05, 0) is 44.9 Å². The molecule has 1 aromatic rings. The Labute approximate surface area is 133 Å². The minimum atomic E-state index is 0.354. The van der Waals surface area contributed by atoms with Gasteiger partial charge in [0.15, 0.2) is 0 Å². The molecule has 2 atom stereocenters.